The zero-order valence-corrected chi connectivity index (χ0v) is 31.1. The molecule has 11 nitrogen and oxygen atoms in total. The van der Waals surface area contributed by atoms with Crippen molar-refractivity contribution in [3.8, 4) is 0 Å². The second kappa shape index (κ2) is 16.5. The van der Waals surface area contributed by atoms with Crippen LogP contribution in [0.15, 0.2) is 23.8 Å². The maximum Gasteiger partial charge on any atom is 0.306 e. The molecule has 50 heavy (non-hydrogen) atoms. The van der Waals surface area contributed by atoms with Crippen LogP contribution < -0.4 is 5.73 Å². The first-order chi connectivity index (χ1) is 24.1. The van der Waals surface area contributed by atoms with Crippen LogP contribution in [-0.4, -0.2) is 101 Å². The highest BCUT2D eigenvalue weighted by molar-refractivity contribution is 5.99. The Bertz CT molecular complexity index is 1240. The molecule has 0 bridgehead atoms. The maximum absolute atomic E-state index is 14.5. The number of cyclic esters (lactones) is 1. The number of ether oxygens (including phenoxy) is 8. The van der Waals surface area contributed by atoms with E-state index in [2.05, 4.69) is 25.2 Å². The van der Waals surface area contributed by atoms with Crippen molar-refractivity contribution in [2.24, 2.45) is 41.2 Å². The van der Waals surface area contributed by atoms with Gasteiger partial charge in [0, 0.05) is 39.2 Å². The third-order valence-corrected chi connectivity index (χ3v) is 12.7. The monoisotopic (exact) mass is 703 g/mol. The van der Waals surface area contributed by atoms with Crippen LogP contribution in [0.2, 0.25) is 0 Å². The molecule has 6 aliphatic rings. The van der Waals surface area contributed by atoms with Crippen LogP contribution in [0.25, 0.3) is 0 Å². The maximum atomic E-state index is 14.5. The molecule has 1 saturated carbocycles. The summed E-state index contributed by atoms with van der Waals surface area (Å²) in [5, 5.41) is 0. The number of methoxy groups -OCH3 is 3. The summed E-state index contributed by atoms with van der Waals surface area (Å²) in [6.45, 7) is 8.00. The van der Waals surface area contributed by atoms with Crippen molar-refractivity contribution < 1.29 is 47.5 Å². The van der Waals surface area contributed by atoms with Gasteiger partial charge in [0.05, 0.1) is 30.8 Å². The number of Topliss-reactive ketones (excluding diaryl/α,β-unsaturated/α-hetero) is 1. The number of ketones is 1. The van der Waals surface area contributed by atoms with Crippen molar-refractivity contribution in [1.29, 1.82) is 0 Å². The van der Waals surface area contributed by atoms with Crippen LogP contribution in [0, 0.1) is 35.5 Å². The molecular weight excluding hydrogens is 642 g/mol. The molecule has 282 valence electrons. The molecule has 0 aromatic carbocycles. The molecule has 0 unspecified atom stereocenters. The first-order valence-electron chi connectivity index (χ1n) is 19.2. The van der Waals surface area contributed by atoms with E-state index in [4.69, 9.17) is 43.6 Å². The number of esters is 1. The third kappa shape index (κ3) is 7.81. The van der Waals surface area contributed by atoms with E-state index in [0.29, 0.717) is 18.8 Å². The fraction of sp³-hybridized carbons (Fsp3) is 0.846. The Kier molecular flexibility index (Phi) is 12.6. The van der Waals surface area contributed by atoms with E-state index in [1.807, 2.05) is 20.8 Å². The molecule has 6 rings (SSSR count). The Morgan fingerprint density at radius 3 is 2.30 bits per heavy atom. The SMILES string of the molecule is CC[C@H]1CCC[C@@H](O[C@H]2CC[C@@H](N)[C@@H](C)O2)[C@@H](C)C(=O)C2=C[C@@H]3[C@@H](C=C[C@@H]4C[C@@H](O[C@@H]5O[C@@H](C)[C@H](OC)[C@@H](OC)[C@H]5OC)C[C@@H]34)[C@@H]2CC(=O)O1. The van der Waals surface area contributed by atoms with E-state index in [-0.39, 0.29) is 103 Å². The number of allylic oxidation sites excluding steroid dienone is 4. The minimum atomic E-state index is -0.597. The Morgan fingerprint density at radius 2 is 1.60 bits per heavy atom. The Morgan fingerprint density at radius 1 is 0.840 bits per heavy atom. The van der Waals surface area contributed by atoms with Gasteiger partial charge in [0.2, 0.25) is 0 Å². The lowest BCUT2D eigenvalue weighted by atomic mass is 9.70. The van der Waals surface area contributed by atoms with Gasteiger partial charge in [-0.05, 0) is 94.5 Å². The van der Waals surface area contributed by atoms with E-state index in [0.717, 1.165) is 44.1 Å². The van der Waals surface area contributed by atoms with Gasteiger partial charge in [-0.2, -0.15) is 0 Å². The summed E-state index contributed by atoms with van der Waals surface area (Å²) in [5.74, 6) is -0.0500. The molecular formula is C39H61NO10. The Hall–Kier alpha value is -1.70. The first kappa shape index (κ1) is 38.0. The number of hydrogen-bond donors (Lipinski definition) is 1. The van der Waals surface area contributed by atoms with Crippen molar-refractivity contribution >= 4 is 11.8 Å². The normalized spacial score (nSPS) is 47.0. The number of carbonyl (C=O) groups excluding carboxylic acids is 2. The van der Waals surface area contributed by atoms with Gasteiger partial charge in [0.15, 0.2) is 18.4 Å². The molecule has 3 saturated heterocycles. The molecule has 11 heteroatoms. The highest BCUT2D eigenvalue weighted by Crippen LogP contribution is 2.54. The van der Waals surface area contributed by atoms with Gasteiger partial charge in [0.1, 0.15) is 24.4 Å². The lowest BCUT2D eigenvalue weighted by molar-refractivity contribution is -0.314. The third-order valence-electron chi connectivity index (χ3n) is 12.7. The van der Waals surface area contributed by atoms with Gasteiger partial charge in [-0.15, -0.1) is 0 Å². The summed E-state index contributed by atoms with van der Waals surface area (Å²) in [5.41, 5.74) is 6.96. The van der Waals surface area contributed by atoms with E-state index in [9.17, 15) is 9.59 Å². The number of hydrogen-bond acceptors (Lipinski definition) is 11. The molecule has 0 aromatic rings. The Balaban J connectivity index is 1.21. The van der Waals surface area contributed by atoms with Crippen LogP contribution >= 0.6 is 0 Å². The van der Waals surface area contributed by atoms with Gasteiger partial charge < -0.3 is 43.6 Å². The molecule has 0 spiro atoms. The number of carbonyl (C=O) groups is 2. The van der Waals surface area contributed by atoms with Gasteiger partial charge in [-0.25, -0.2) is 0 Å². The van der Waals surface area contributed by atoms with Crippen molar-refractivity contribution in [2.45, 2.75) is 153 Å². The second-order valence-corrected chi connectivity index (χ2v) is 15.6. The smallest absolute Gasteiger partial charge is 0.306 e. The zero-order valence-electron chi connectivity index (χ0n) is 31.1. The van der Waals surface area contributed by atoms with Crippen LogP contribution in [0.5, 0.6) is 0 Å². The van der Waals surface area contributed by atoms with Crippen molar-refractivity contribution in [3.05, 3.63) is 23.8 Å². The predicted molar refractivity (Wildman–Crippen MR) is 185 cm³/mol. The second-order valence-electron chi connectivity index (χ2n) is 15.6. The average Bonchev–Trinajstić information content (AvgIpc) is 3.68. The van der Waals surface area contributed by atoms with Crippen molar-refractivity contribution in [1.82, 2.24) is 0 Å². The molecule has 4 fully saturated rings. The fourth-order valence-electron chi connectivity index (χ4n) is 9.75. The largest absolute Gasteiger partial charge is 0.462 e. The molecule has 3 aliphatic heterocycles. The lowest BCUT2D eigenvalue weighted by Crippen LogP contribution is -2.59. The molecule has 17 atom stereocenters. The van der Waals surface area contributed by atoms with E-state index in [1.165, 1.54) is 0 Å². The highest BCUT2D eigenvalue weighted by Gasteiger charge is 2.52. The van der Waals surface area contributed by atoms with Gasteiger partial charge >= 0.3 is 5.97 Å². The highest BCUT2D eigenvalue weighted by atomic mass is 16.7. The standard InChI is InChI=1S/C39H61NO10/c1-8-24-10-9-11-32(50-34-15-14-31(40)21(3)46-34)20(2)35(42)30-18-28-26(29(30)19-33(41)48-24)13-12-23-16-25(17-27(23)28)49-39-38(45-7)37(44-6)36(43-5)22(4)47-39/h12-13,18,20-29,31-32,34,36-39H,8-11,14-17,19,40H2,1-7H3/t20-,21-,22+,23-,24+,25-,26-,27-,28-,29+,31-,32-,34+,36+,37-,38-,39+/m1/s1. The minimum absolute atomic E-state index is 0.0131. The van der Waals surface area contributed by atoms with Gasteiger partial charge in [-0.1, -0.05) is 32.1 Å². The molecule has 0 radical (unpaired) electrons. The first-order valence-corrected chi connectivity index (χ1v) is 19.2. The molecule has 0 amide bonds. The van der Waals surface area contributed by atoms with Crippen LogP contribution in [0.4, 0.5) is 0 Å². The van der Waals surface area contributed by atoms with Crippen molar-refractivity contribution in [3.63, 3.8) is 0 Å². The van der Waals surface area contributed by atoms with Crippen molar-refractivity contribution in [2.75, 3.05) is 21.3 Å². The summed E-state index contributed by atoms with van der Waals surface area (Å²) in [6.07, 6.45) is 10.2. The number of nitrogens with two attached hydrogens (primary N) is 1. The van der Waals surface area contributed by atoms with Crippen LogP contribution in [0.1, 0.15) is 85.5 Å². The average molecular weight is 704 g/mol. The van der Waals surface area contributed by atoms with Gasteiger partial charge in [-0.3, -0.25) is 9.59 Å². The Labute approximate surface area is 298 Å². The number of rotatable bonds is 8. The molecule has 3 aliphatic carbocycles. The molecule has 0 aromatic heterocycles. The topological polar surface area (TPSA) is 134 Å². The quantitative estimate of drug-likeness (QED) is 0.274. The van der Waals surface area contributed by atoms with E-state index < -0.39 is 12.4 Å². The van der Waals surface area contributed by atoms with Crippen LogP contribution in [-0.2, 0) is 47.5 Å². The summed E-state index contributed by atoms with van der Waals surface area (Å²) in [6, 6.07) is -0.0131. The predicted octanol–water partition coefficient (Wildman–Crippen LogP) is 4.88. The fourth-order valence-corrected chi connectivity index (χ4v) is 9.75. The lowest BCUT2D eigenvalue weighted by Gasteiger charge is -2.44. The minimum Gasteiger partial charge on any atom is -0.462 e. The zero-order chi connectivity index (χ0) is 35.7. The number of fused-ring (bicyclic) bond motifs is 5. The molecule has 3 heterocycles. The summed E-state index contributed by atoms with van der Waals surface area (Å²) >= 11 is 0. The summed E-state index contributed by atoms with van der Waals surface area (Å²) in [4.78, 5) is 28.0. The summed E-state index contributed by atoms with van der Waals surface area (Å²) in [7, 11) is 4.96. The van der Waals surface area contributed by atoms with E-state index >= 15 is 0 Å². The summed E-state index contributed by atoms with van der Waals surface area (Å²) < 4.78 is 49.1. The molecule has 2 N–H and O–H groups in total. The van der Waals surface area contributed by atoms with Gasteiger partial charge in [0.25, 0.3) is 0 Å². The van der Waals surface area contributed by atoms with Crippen LogP contribution in [0.3, 0.4) is 0 Å². The van der Waals surface area contributed by atoms with E-state index in [1.54, 1.807) is 21.3 Å².